The Morgan fingerprint density at radius 2 is 1.85 bits per heavy atom. The van der Waals surface area contributed by atoms with Gasteiger partial charge in [0.05, 0.1) is 52.2 Å². The standard InChI is InChI=1S/C31H36N8O2/c1-19-27(10-23(13-32-19)36-29(40)21-17-39(18-21)24-7-5-3-4-6-8-24)37-30(41)25-14-34-31-11-22(31)9-28(33-15-26(25)31)20-12-35-38(2)16-20/h9-10,12-16,21-22,24H,3-8,11,17-18H2,1-2H3,(H,36,40)(H,37,41). The third-order valence-corrected chi connectivity index (χ3v) is 9.33. The lowest BCUT2D eigenvalue weighted by Gasteiger charge is -2.43. The molecule has 2 aromatic rings. The van der Waals surface area contributed by atoms with Gasteiger partial charge in [0.25, 0.3) is 5.91 Å². The molecule has 7 rings (SSSR count). The van der Waals surface area contributed by atoms with Crippen molar-refractivity contribution in [3.8, 4) is 0 Å². The highest BCUT2D eigenvalue weighted by Crippen LogP contribution is 2.57. The zero-order valence-electron chi connectivity index (χ0n) is 23.6. The lowest BCUT2D eigenvalue weighted by molar-refractivity contribution is -0.126. The van der Waals surface area contributed by atoms with E-state index in [1.807, 2.05) is 20.2 Å². The van der Waals surface area contributed by atoms with Crippen molar-refractivity contribution in [2.45, 2.75) is 63.5 Å². The second-order valence-corrected chi connectivity index (χ2v) is 12.1. The molecule has 2 aliphatic carbocycles. The van der Waals surface area contributed by atoms with Crippen LogP contribution < -0.4 is 10.6 Å². The average Bonchev–Trinajstić information content (AvgIpc) is 3.44. The highest BCUT2D eigenvalue weighted by atomic mass is 16.2. The number of likely N-dealkylation sites (tertiary alicyclic amines) is 1. The van der Waals surface area contributed by atoms with Crippen molar-refractivity contribution in [3.05, 3.63) is 53.1 Å². The second-order valence-electron chi connectivity index (χ2n) is 12.1. The zero-order valence-corrected chi connectivity index (χ0v) is 23.6. The summed E-state index contributed by atoms with van der Waals surface area (Å²) in [4.78, 5) is 42.8. The molecule has 212 valence electrons. The summed E-state index contributed by atoms with van der Waals surface area (Å²) in [6, 6.07) is 2.41. The molecular formula is C31H36N8O2. The van der Waals surface area contributed by atoms with Crippen molar-refractivity contribution in [3.63, 3.8) is 0 Å². The molecule has 1 saturated heterocycles. The van der Waals surface area contributed by atoms with Gasteiger partial charge in [-0.3, -0.25) is 34.1 Å². The minimum Gasteiger partial charge on any atom is -0.324 e. The molecule has 2 aromatic heterocycles. The fourth-order valence-electron chi connectivity index (χ4n) is 6.70. The summed E-state index contributed by atoms with van der Waals surface area (Å²) in [6.07, 6.45) is 19.6. The molecule has 0 aromatic carbocycles. The van der Waals surface area contributed by atoms with Gasteiger partial charge in [-0.05, 0) is 32.3 Å². The predicted octanol–water partition coefficient (Wildman–Crippen LogP) is 3.92. The molecule has 3 fully saturated rings. The summed E-state index contributed by atoms with van der Waals surface area (Å²) in [5.74, 6) is -0.0572. The summed E-state index contributed by atoms with van der Waals surface area (Å²) in [7, 11) is 1.88. The smallest absolute Gasteiger partial charge is 0.257 e. The van der Waals surface area contributed by atoms with Crippen molar-refractivity contribution in [1.82, 2.24) is 19.7 Å². The lowest BCUT2D eigenvalue weighted by atomic mass is 9.94. The molecule has 3 aliphatic heterocycles. The summed E-state index contributed by atoms with van der Waals surface area (Å²) >= 11 is 0. The molecule has 5 aliphatic rings. The number of carbonyl (C=O) groups excluding carboxylic acids is 2. The van der Waals surface area contributed by atoms with Gasteiger partial charge >= 0.3 is 0 Å². The van der Waals surface area contributed by atoms with E-state index in [9.17, 15) is 9.59 Å². The number of pyridine rings is 1. The van der Waals surface area contributed by atoms with Crippen LogP contribution in [0.5, 0.6) is 0 Å². The first-order chi connectivity index (χ1) is 19.9. The van der Waals surface area contributed by atoms with Crippen molar-refractivity contribution < 1.29 is 9.59 Å². The summed E-state index contributed by atoms with van der Waals surface area (Å²) in [5, 5.41) is 10.3. The van der Waals surface area contributed by atoms with Crippen LogP contribution in [0.15, 0.2) is 51.9 Å². The van der Waals surface area contributed by atoms with E-state index in [0.29, 0.717) is 28.7 Å². The van der Waals surface area contributed by atoms with Crippen molar-refractivity contribution in [1.29, 1.82) is 0 Å². The third-order valence-electron chi connectivity index (χ3n) is 9.33. The Labute approximate surface area is 239 Å². The van der Waals surface area contributed by atoms with Crippen LogP contribution in [0.4, 0.5) is 11.4 Å². The molecule has 10 nitrogen and oxygen atoms in total. The number of amides is 2. The molecule has 5 heterocycles. The molecule has 2 unspecified atom stereocenters. The van der Waals surface area contributed by atoms with Crippen LogP contribution >= 0.6 is 0 Å². The number of hydrogen-bond donors (Lipinski definition) is 2. The third kappa shape index (κ3) is 4.84. The van der Waals surface area contributed by atoms with Gasteiger partial charge in [0.15, 0.2) is 0 Å². The van der Waals surface area contributed by atoms with Crippen LogP contribution in [-0.4, -0.2) is 68.6 Å². The van der Waals surface area contributed by atoms with Gasteiger partial charge in [-0.2, -0.15) is 5.10 Å². The first kappa shape index (κ1) is 26.0. The van der Waals surface area contributed by atoms with Crippen LogP contribution in [0, 0.1) is 18.8 Å². The van der Waals surface area contributed by atoms with Crippen LogP contribution in [0.3, 0.4) is 0 Å². The van der Waals surface area contributed by atoms with Crippen molar-refractivity contribution in [2.24, 2.45) is 28.9 Å². The van der Waals surface area contributed by atoms with E-state index in [1.54, 1.807) is 35.6 Å². The van der Waals surface area contributed by atoms with Crippen molar-refractivity contribution in [2.75, 3.05) is 23.7 Å². The second kappa shape index (κ2) is 10.2. The Bertz CT molecular complexity index is 1520. The predicted molar refractivity (Wildman–Crippen MR) is 159 cm³/mol. The maximum absolute atomic E-state index is 13.5. The van der Waals surface area contributed by atoms with Gasteiger partial charge in [0.1, 0.15) is 0 Å². The molecule has 0 radical (unpaired) electrons. The van der Waals surface area contributed by atoms with Crippen molar-refractivity contribution >= 4 is 41.3 Å². The van der Waals surface area contributed by atoms with E-state index in [-0.39, 0.29) is 23.7 Å². The minimum atomic E-state index is -0.406. The summed E-state index contributed by atoms with van der Waals surface area (Å²) in [5.41, 5.74) is 4.57. The fourth-order valence-corrected chi connectivity index (χ4v) is 6.70. The van der Waals surface area contributed by atoms with Gasteiger partial charge in [-0.15, -0.1) is 0 Å². The SMILES string of the molecule is Cc1ncc(NC(=O)C2CN(C3CCCCCC3)C2)cc1NC(=O)C1=C2C=NC(c3cnn(C)c3)=CC3CC23N=C1. The molecule has 10 heteroatoms. The number of hydrogen-bond acceptors (Lipinski definition) is 7. The Hall–Kier alpha value is -3.92. The Kier molecular flexibility index (Phi) is 6.45. The fraction of sp³-hybridized carbons (Fsp3) is 0.484. The maximum Gasteiger partial charge on any atom is 0.257 e. The van der Waals surface area contributed by atoms with E-state index in [4.69, 9.17) is 9.98 Å². The molecule has 0 bridgehead atoms. The van der Waals surface area contributed by atoms with Crippen LogP contribution in [0.1, 0.15) is 56.2 Å². The topological polar surface area (TPSA) is 117 Å². The van der Waals surface area contributed by atoms with Gasteiger partial charge in [0.2, 0.25) is 5.91 Å². The largest absolute Gasteiger partial charge is 0.324 e. The maximum atomic E-state index is 13.5. The number of aromatic nitrogens is 3. The van der Waals surface area contributed by atoms with E-state index in [1.165, 1.54) is 38.5 Å². The average molecular weight is 553 g/mol. The number of carbonyl (C=O) groups is 2. The van der Waals surface area contributed by atoms with Gasteiger partial charge in [-0.1, -0.05) is 31.8 Å². The quantitative estimate of drug-likeness (QED) is 0.527. The van der Waals surface area contributed by atoms with E-state index < -0.39 is 5.54 Å². The number of nitrogens with one attached hydrogen (secondary N) is 2. The van der Waals surface area contributed by atoms with E-state index >= 15 is 0 Å². The van der Waals surface area contributed by atoms with Gasteiger partial charge in [-0.25, -0.2) is 0 Å². The number of rotatable bonds is 6. The minimum absolute atomic E-state index is 0.0124. The highest BCUT2D eigenvalue weighted by molar-refractivity contribution is 6.23. The zero-order chi connectivity index (χ0) is 28.1. The molecular weight excluding hydrogens is 516 g/mol. The number of nitrogens with zero attached hydrogens (tertiary/aromatic N) is 6. The molecule has 2 atom stereocenters. The molecule has 1 spiro atoms. The molecule has 2 N–H and O–H groups in total. The number of aliphatic imine (C=N–C) groups is 2. The lowest BCUT2D eigenvalue weighted by Crippen LogP contribution is -2.55. The van der Waals surface area contributed by atoms with Crippen LogP contribution in [0.25, 0.3) is 5.70 Å². The Morgan fingerprint density at radius 3 is 2.61 bits per heavy atom. The van der Waals surface area contributed by atoms with Crippen LogP contribution in [-0.2, 0) is 16.6 Å². The monoisotopic (exact) mass is 552 g/mol. The highest BCUT2D eigenvalue weighted by Gasteiger charge is 2.59. The summed E-state index contributed by atoms with van der Waals surface area (Å²) < 4.78 is 1.75. The Morgan fingerprint density at radius 1 is 1.05 bits per heavy atom. The van der Waals surface area contributed by atoms with Crippen LogP contribution in [0.2, 0.25) is 0 Å². The molecule has 2 saturated carbocycles. The first-order valence-corrected chi connectivity index (χ1v) is 14.8. The molecule has 2 amide bonds. The first-order valence-electron chi connectivity index (χ1n) is 14.8. The number of anilines is 2. The van der Waals surface area contributed by atoms with Gasteiger partial charge in [0, 0.05) is 61.9 Å². The van der Waals surface area contributed by atoms with Gasteiger partial charge < -0.3 is 10.6 Å². The normalized spacial score (nSPS) is 26.0. The van der Waals surface area contributed by atoms with E-state index in [2.05, 4.69) is 31.7 Å². The summed E-state index contributed by atoms with van der Waals surface area (Å²) in [6.45, 7) is 3.47. The van der Waals surface area contributed by atoms with E-state index in [0.717, 1.165) is 36.3 Å². The Balaban J connectivity index is 1.02. The number of aryl methyl sites for hydroxylation is 2. The molecule has 41 heavy (non-hydrogen) atoms.